The molecule has 0 aromatic heterocycles. The molecule has 5 heteroatoms. The fraction of sp³-hybridized carbons (Fsp3) is 0.846. The Labute approximate surface area is 112 Å². The summed E-state index contributed by atoms with van der Waals surface area (Å²) < 4.78 is 0. The van der Waals surface area contributed by atoms with Gasteiger partial charge in [-0.15, -0.1) is 0 Å². The number of amides is 1. The van der Waals surface area contributed by atoms with Crippen molar-refractivity contribution in [3.05, 3.63) is 0 Å². The predicted octanol–water partition coefficient (Wildman–Crippen LogP) is 1.44. The lowest BCUT2D eigenvalue weighted by molar-refractivity contribution is -0.130. The summed E-state index contributed by atoms with van der Waals surface area (Å²) in [6.07, 6.45) is 5.03. The van der Waals surface area contributed by atoms with Crippen molar-refractivity contribution in [1.82, 2.24) is 5.32 Å². The zero-order chi connectivity index (χ0) is 13.1. The van der Waals surface area contributed by atoms with Gasteiger partial charge in [0, 0.05) is 12.3 Å². The van der Waals surface area contributed by atoms with E-state index in [9.17, 15) is 15.2 Å². The quantitative estimate of drug-likeness (QED) is 0.812. The molecule has 1 aliphatic heterocycles. The Balaban J connectivity index is 1.92. The first-order chi connectivity index (χ1) is 8.60. The Hall–Kier alpha value is -0.730. The third kappa shape index (κ3) is 2.81. The van der Waals surface area contributed by atoms with E-state index in [1.807, 2.05) is 0 Å². The smallest absolute Gasteiger partial charge is 0.240 e. The highest BCUT2D eigenvalue weighted by molar-refractivity contribution is 7.99. The first-order valence-corrected chi connectivity index (χ1v) is 7.75. The average Bonchev–Trinajstić information content (AvgIpc) is 2.84. The molecular weight excluding hydrogens is 248 g/mol. The van der Waals surface area contributed by atoms with E-state index < -0.39 is 11.0 Å². The number of nitrogens with zero attached hydrogens (tertiary/aromatic N) is 1. The Morgan fingerprint density at radius 2 is 2.06 bits per heavy atom. The average molecular weight is 268 g/mol. The maximum atomic E-state index is 12.2. The molecule has 0 aromatic carbocycles. The third-order valence-electron chi connectivity index (χ3n) is 4.02. The van der Waals surface area contributed by atoms with Gasteiger partial charge >= 0.3 is 0 Å². The van der Waals surface area contributed by atoms with E-state index in [0.717, 1.165) is 31.4 Å². The second-order valence-corrected chi connectivity index (χ2v) is 6.57. The van der Waals surface area contributed by atoms with Gasteiger partial charge in [-0.1, -0.05) is 19.3 Å². The molecule has 2 rings (SSSR count). The number of nitrogens with one attached hydrogen (secondary N) is 1. The molecule has 100 valence electrons. The van der Waals surface area contributed by atoms with Crippen LogP contribution >= 0.6 is 11.8 Å². The van der Waals surface area contributed by atoms with Crippen molar-refractivity contribution < 1.29 is 9.90 Å². The molecule has 1 amide bonds. The van der Waals surface area contributed by atoms with Crippen molar-refractivity contribution in [2.45, 2.75) is 44.1 Å². The van der Waals surface area contributed by atoms with Crippen LogP contribution < -0.4 is 5.32 Å². The lowest BCUT2D eigenvalue weighted by Crippen LogP contribution is -2.48. The van der Waals surface area contributed by atoms with Crippen molar-refractivity contribution in [3.8, 4) is 6.07 Å². The van der Waals surface area contributed by atoms with Gasteiger partial charge in [-0.05, 0) is 25.0 Å². The highest BCUT2D eigenvalue weighted by Gasteiger charge is 2.41. The second-order valence-electron chi connectivity index (χ2n) is 5.46. The molecule has 1 atom stereocenters. The van der Waals surface area contributed by atoms with Crippen LogP contribution in [0.25, 0.3) is 0 Å². The van der Waals surface area contributed by atoms with Gasteiger partial charge < -0.3 is 10.4 Å². The molecule has 0 spiro atoms. The number of thioether (sulfide) groups is 1. The lowest BCUT2D eigenvalue weighted by Gasteiger charge is -2.31. The second kappa shape index (κ2) is 5.50. The summed E-state index contributed by atoms with van der Waals surface area (Å²) in [5.41, 5.74) is -1.62. The van der Waals surface area contributed by atoms with E-state index in [0.29, 0.717) is 18.6 Å². The van der Waals surface area contributed by atoms with Crippen molar-refractivity contribution in [2.75, 3.05) is 18.1 Å². The Kier molecular flexibility index (Phi) is 4.18. The summed E-state index contributed by atoms with van der Waals surface area (Å²) in [7, 11) is 0. The normalized spacial score (nSPS) is 30.7. The summed E-state index contributed by atoms with van der Waals surface area (Å²) in [5.74, 6) is 1.43. The molecule has 1 aliphatic carbocycles. The van der Waals surface area contributed by atoms with Crippen LogP contribution in [0.1, 0.15) is 38.5 Å². The van der Waals surface area contributed by atoms with Gasteiger partial charge in [0.05, 0.1) is 11.7 Å². The SMILES string of the molecule is N#CC1(C(=O)NCC2(O)CCSC2)CCCCC1. The number of carbonyl (C=O) groups excluding carboxylic acids is 1. The highest BCUT2D eigenvalue weighted by atomic mass is 32.2. The molecule has 0 radical (unpaired) electrons. The van der Waals surface area contributed by atoms with Crippen LogP contribution in [0.15, 0.2) is 0 Å². The first kappa shape index (κ1) is 13.7. The zero-order valence-corrected chi connectivity index (χ0v) is 11.4. The van der Waals surface area contributed by atoms with Crippen molar-refractivity contribution in [2.24, 2.45) is 5.41 Å². The maximum absolute atomic E-state index is 12.2. The summed E-state index contributed by atoms with van der Waals surface area (Å²) >= 11 is 1.71. The van der Waals surface area contributed by atoms with E-state index in [1.54, 1.807) is 11.8 Å². The predicted molar refractivity (Wildman–Crippen MR) is 71.0 cm³/mol. The molecule has 1 heterocycles. The first-order valence-electron chi connectivity index (χ1n) is 6.60. The van der Waals surface area contributed by atoms with Crippen LogP contribution in [0.4, 0.5) is 0 Å². The van der Waals surface area contributed by atoms with Crippen molar-refractivity contribution >= 4 is 17.7 Å². The van der Waals surface area contributed by atoms with Crippen LogP contribution in [-0.2, 0) is 4.79 Å². The maximum Gasteiger partial charge on any atom is 0.240 e. The zero-order valence-electron chi connectivity index (χ0n) is 10.6. The standard InChI is InChI=1S/C13H20N2O2S/c14-8-12(4-2-1-3-5-12)11(16)15-9-13(17)6-7-18-10-13/h17H,1-7,9-10H2,(H,15,16). The Morgan fingerprint density at radius 3 is 2.61 bits per heavy atom. The number of aliphatic hydroxyl groups is 1. The van der Waals surface area contributed by atoms with Crippen LogP contribution in [0.2, 0.25) is 0 Å². The number of hydrogen-bond donors (Lipinski definition) is 2. The highest BCUT2D eigenvalue weighted by Crippen LogP contribution is 2.36. The third-order valence-corrected chi connectivity index (χ3v) is 5.25. The minimum absolute atomic E-state index is 0.185. The molecule has 4 nitrogen and oxygen atoms in total. The number of carbonyl (C=O) groups is 1. The van der Waals surface area contributed by atoms with Crippen LogP contribution in [0.3, 0.4) is 0 Å². The van der Waals surface area contributed by atoms with E-state index in [1.165, 1.54) is 0 Å². The van der Waals surface area contributed by atoms with Crippen molar-refractivity contribution in [3.63, 3.8) is 0 Å². The molecule has 1 saturated carbocycles. The summed E-state index contributed by atoms with van der Waals surface area (Å²) in [6, 6.07) is 2.21. The fourth-order valence-electron chi connectivity index (χ4n) is 2.69. The Bertz CT molecular complexity index is 352. The van der Waals surface area contributed by atoms with Gasteiger partial charge in [-0.3, -0.25) is 4.79 Å². The molecule has 1 saturated heterocycles. The van der Waals surface area contributed by atoms with Gasteiger partial charge in [0.25, 0.3) is 0 Å². The molecular formula is C13H20N2O2S. The van der Waals surface area contributed by atoms with Gasteiger partial charge in [0.15, 0.2) is 0 Å². The van der Waals surface area contributed by atoms with Crippen LogP contribution in [0, 0.1) is 16.7 Å². The van der Waals surface area contributed by atoms with Gasteiger partial charge in [0.1, 0.15) is 5.41 Å². The largest absolute Gasteiger partial charge is 0.387 e. The van der Waals surface area contributed by atoms with Crippen LogP contribution in [0.5, 0.6) is 0 Å². The molecule has 2 N–H and O–H groups in total. The number of nitriles is 1. The van der Waals surface area contributed by atoms with Gasteiger partial charge in [-0.25, -0.2) is 0 Å². The molecule has 18 heavy (non-hydrogen) atoms. The molecule has 2 aliphatic rings. The van der Waals surface area contributed by atoms with Crippen molar-refractivity contribution in [1.29, 1.82) is 5.26 Å². The van der Waals surface area contributed by atoms with E-state index in [4.69, 9.17) is 0 Å². The molecule has 0 aromatic rings. The lowest BCUT2D eigenvalue weighted by atomic mass is 9.74. The summed E-state index contributed by atoms with van der Waals surface area (Å²) in [5, 5.41) is 22.3. The fourth-order valence-corrected chi connectivity index (χ4v) is 3.99. The minimum atomic E-state index is -0.847. The van der Waals surface area contributed by atoms with Crippen LogP contribution in [-0.4, -0.2) is 34.7 Å². The number of hydrogen-bond acceptors (Lipinski definition) is 4. The molecule has 1 unspecified atom stereocenters. The van der Waals surface area contributed by atoms with E-state index >= 15 is 0 Å². The minimum Gasteiger partial charge on any atom is -0.387 e. The molecule has 2 fully saturated rings. The summed E-state index contributed by atoms with van der Waals surface area (Å²) in [6.45, 7) is 0.280. The monoisotopic (exact) mass is 268 g/mol. The van der Waals surface area contributed by atoms with Gasteiger partial charge in [0.2, 0.25) is 5.91 Å². The van der Waals surface area contributed by atoms with E-state index in [2.05, 4.69) is 11.4 Å². The topological polar surface area (TPSA) is 73.1 Å². The van der Waals surface area contributed by atoms with E-state index in [-0.39, 0.29) is 12.5 Å². The molecule has 0 bridgehead atoms. The number of rotatable bonds is 3. The summed E-state index contributed by atoms with van der Waals surface area (Å²) in [4.78, 5) is 12.2. The Morgan fingerprint density at radius 1 is 1.33 bits per heavy atom. The van der Waals surface area contributed by atoms with Gasteiger partial charge in [-0.2, -0.15) is 17.0 Å².